The fraction of sp³-hybridized carbons (Fsp3) is 0.333. The minimum atomic E-state index is -0.210. The lowest BCUT2D eigenvalue weighted by molar-refractivity contribution is 0.750. The van der Waals surface area contributed by atoms with Crippen LogP contribution in [0.5, 0.6) is 0 Å². The van der Waals surface area contributed by atoms with E-state index in [0.29, 0.717) is 17.4 Å². The molecule has 0 amide bonds. The van der Waals surface area contributed by atoms with Gasteiger partial charge in [0.25, 0.3) is 0 Å². The summed E-state index contributed by atoms with van der Waals surface area (Å²) in [6.07, 6.45) is 11.6. The molecule has 22 heavy (non-hydrogen) atoms. The van der Waals surface area contributed by atoms with Crippen LogP contribution in [0.3, 0.4) is 0 Å². The highest BCUT2D eigenvalue weighted by Gasteiger charge is 2.15. The van der Waals surface area contributed by atoms with E-state index in [2.05, 4.69) is 20.5 Å². The van der Waals surface area contributed by atoms with Gasteiger partial charge in [0.15, 0.2) is 0 Å². The molecular formula is C15H16N6O. The zero-order valence-corrected chi connectivity index (χ0v) is 12.0. The lowest BCUT2D eigenvalue weighted by Gasteiger charge is -2.13. The van der Waals surface area contributed by atoms with E-state index >= 15 is 0 Å². The van der Waals surface area contributed by atoms with Crippen molar-refractivity contribution in [2.24, 2.45) is 0 Å². The summed E-state index contributed by atoms with van der Waals surface area (Å²) in [4.78, 5) is 16.8. The summed E-state index contributed by atoms with van der Waals surface area (Å²) in [6, 6.07) is 4.32. The molecular weight excluding hydrogens is 280 g/mol. The molecule has 0 bridgehead atoms. The van der Waals surface area contributed by atoms with Gasteiger partial charge in [-0.25, -0.2) is 4.98 Å². The van der Waals surface area contributed by atoms with Crippen molar-refractivity contribution >= 4 is 11.5 Å². The van der Waals surface area contributed by atoms with Gasteiger partial charge in [0.2, 0.25) is 5.65 Å². The van der Waals surface area contributed by atoms with Gasteiger partial charge in [0.05, 0.1) is 11.9 Å². The minimum Gasteiger partial charge on any atom is -0.367 e. The van der Waals surface area contributed by atoms with Crippen molar-refractivity contribution in [1.82, 2.24) is 24.1 Å². The fourth-order valence-corrected chi connectivity index (χ4v) is 2.92. The molecule has 0 saturated heterocycles. The SMILES string of the molecule is O=c1c2nncn2ccn1-c1ccc(NC2CCCC2)nc1. The summed E-state index contributed by atoms with van der Waals surface area (Å²) in [5, 5.41) is 11.0. The topological polar surface area (TPSA) is 77.1 Å². The van der Waals surface area contributed by atoms with Crippen molar-refractivity contribution < 1.29 is 0 Å². The van der Waals surface area contributed by atoms with Crippen LogP contribution in [0.2, 0.25) is 0 Å². The Kier molecular flexibility index (Phi) is 3.10. The second-order valence-electron chi connectivity index (χ2n) is 5.56. The van der Waals surface area contributed by atoms with Crippen molar-refractivity contribution in [3.63, 3.8) is 0 Å². The van der Waals surface area contributed by atoms with Crippen LogP contribution in [-0.2, 0) is 0 Å². The Morgan fingerprint density at radius 3 is 2.82 bits per heavy atom. The van der Waals surface area contributed by atoms with E-state index in [0.717, 1.165) is 5.82 Å². The normalized spacial score (nSPS) is 15.5. The highest BCUT2D eigenvalue weighted by atomic mass is 16.1. The van der Waals surface area contributed by atoms with Crippen LogP contribution >= 0.6 is 0 Å². The van der Waals surface area contributed by atoms with Gasteiger partial charge < -0.3 is 5.32 Å². The maximum absolute atomic E-state index is 12.3. The average molecular weight is 296 g/mol. The first kappa shape index (κ1) is 13.0. The van der Waals surface area contributed by atoms with Crippen LogP contribution in [0.1, 0.15) is 25.7 Å². The van der Waals surface area contributed by atoms with Crippen LogP contribution in [0.25, 0.3) is 11.3 Å². The molecule has 3 aromatic heterocycles. The van der Waals surface area contributed by atoms with Crippen molar-refractivity contribution in [1.29, 1.82) is 0 Å². The van der Waals surface area contributed by atoms with Crippen molar-refractivity contribution in [2.75, 3.05) is 5.32 Å². The molecule has 0 aromatic carbocycles. The molecule has 0 spiro atoms. The Morgan fingerprint density at radius 2 is 2.05 bits per heavy atom. The second-order valence-corrected chi connectivity index (χ2v) is 5.56. The van der Waals surface area contributed by atoms with E-state index in [1.54, 1.807) is 23.0 Å². The molecule has 4 rings (SSSR count). The van der Waals surface area contributed by atoms with Crippen molar-refractivity contribution in [3.8, 4) is 5.69 Å². The second kappa shape index (κ2) is 5.25. The molecule has 0 radical (unpaired) electrons. The number of hydrogen-bond donors (Lipinski definition) is 1. The molecule has 7 heteroatoms. The van der Waals surface area contributed by atoms with E-state index < -0.39 is 0 Å². The predicted molar refractivity (Wildman–Crippen MR) is 82.3 cm³/mol. The Labute approximate surface area is 126 Å². The van der Waals surface area contributed by atoms with E-state index in [1.807, 2.05) is 12.1 Å². The number of anilines is 1. The molecule has 1 aliphatic rings. The molecule has 1 N–H and O–H groups in total. The zero-order chi connectivity index (χ0) is 14.9. The smallest absolute Gasteiger partial charge is 0.300 e. The number of fused-ring (bicyclic) bond motifs is 1. The summed E-state index contributed by atoms with van der Waals surface area (Å²) in [7, 11) is 0. The first-order valence-corrected chi connectivity index (χ1v) is 7.45. The first-order chi connectivity index (χ1) is 10.8. The van der Waals surface area contributed by atoms with Gasteiger partial charge in [-0.05, 0) is 25.0 Å². The number of aromatic nitrogens is 5. The number of nitrogens with zero attached hydrogens (tertiary/aromatic N) is 5. The van der Waals surface area contributed by atoms with Crippen molar-refractivity contribution in [3.05, 3.63) is 47.4 Å². The number of hydrogen-bond acceptors (Lipinski definition) is 5. The van der Waals surface area contributed by atoms with Crippen LogP contribution in [0.15, 0.2) is 41.8 Å². The molecule has 3 heterocycles. The zero-order valence-electron chi connectivity index (χ0n) is 12.0. The fourth-order valence-electron chi connectivity index (χ4n) is 2.92. The molecule has 1 aliphatic carbocycles. The Hall–Kier alpha value is -2.70. The maximum atomic E-state index is 12.3. The molecule has 0 atom stereocenters. The molecule has 1 fully saturated rings. The Balaban J connectivity index is 1.63. The van der Waals surface area contributed by atoms with Crippen LogP contribution in [-0.4, -0.2) is 30.2 Å². The summed E-state index contributed by atoms with van der Waals surface area (Å²) < 4.78 is 3.12. The van der Waals surface area contributed by atoms with Gasteiger partial charge in [-0.1, -0.05) is 12.8 Å². The Bertz CT molecular complexity index is 844. The summed E-state index contributed by atoms with van der Waals surface area (Å²) in [5.41, 5.74) is 0.807. The highest BCUT2D eigenvalue weighted by Crippen LogP contribution is 2.21. The molecule has 0 unspecified atom stereocenters. The lowest BCUT2D eigenvalue weighted by atomic mass is 10.2. The third kappa shape index (κ3) is 2.24. The molecule has 7 nitrogen and oxygen atoms in total. The van der Waals surface area contributed by atoms with Gasteiger partial charge >= 0.3 is 5.56 Å². The predicted octanol–water partition coefficient (Wildman–Crippen LogP) is 1.63. The van der Waals surface area contributed by atoms with Gasteiger partial charge in [0.1, 0.15) is 12.1 Å². The quantitative estimate of drug-likeness (QED) is 0.795. The summed E-state index contributed by atoms with van der Waals surface area (Å²) >= 11 is 0. The third-order valence-corrected chi connectivity index (χ3v) is 4.09. The number of pyridine rings is 1. The third-order valence-electron chi connectivity index (χ3n) is 4.09. The molecule has 1 saturated carbocycles. The number of nitrogens with one attached hydrogen (secondary N) is 1. The lowest BCUT2D eigenvalue weighted by Crippen LogP contribution is -2.20. The van der Waals surface area contributed by atoms with E-state index in [1.165, 1.54) is 36.6 Å². The number of rotatable bonds is 3. The first-order valence-electron chi connectivity index (χ1n) is 7.45. The van der Waals surface area contributed by atoms with Gasteiger partial charge in [-0.2, -0.15) is 0 Å². The van der Waals surface area contributed by atoms with Crippen molar-refractivity contribution in [2.45, 2.75) is 31.7 Å². The summed E-state index contributed by atoms with van der Waals surface area (Å²) in [5.74, 6) is 0.854. The van der Waals surface area contributed by atoms with Gasteiger partial charge in [-0.3, -0.25) is 13.8 Å². The molecule has 0 aliphatic heterocycles. The monoisotopic (exact) mass is 296 g/mol. The van der Waals surface area contributed by atoms with Crippen LogP contribution in [0.4, 0.5) is 5.82 Å². The molecule has 3 aromatic rings. The van der Waals surface area contributed by atoms with E-state index in [-0.39, 0.29) is 5.56 Å². The van der Waals surface area contributed by atoms with E-state index in [4.69, 9.17) is 0 Å². The summed E-state index contributed by atoms with van der Waals surface area (Å²) in [6.45, 7) is 0. The average Bonchev–Trinajstić information content (AvgIpc) is 3.20. The Morgan fingerprint density at radius 1 is 1.18 bits per heavy atom. The van der Waals surface area contributed by atoms with Gasteiger partial charge in [0, 0.05) is 18.4 Å². The minimum absolute atomic E-state index is 0.210. The van der Waals surface area contributed by atoms with Gasteiger partial charge in [-0.15, -0.1) is 10.2 Å². The van der Waals surface area contributed by atoms with E-state index in [9.17, 15) is 4.79 Å². The standard InChI is InChI=1S/C15H16N6O/c22-15-14-19-17-10-20(14)7-8-21(15)12-5-6-13(16-9-12)18-11-3-1-2-4-11/h5-11H,1-4H2,(H,16,18). The van der Waals surface area contributed by atoms with Crippen LogP contribution < -0.4 is 10.9 Å². The highest BCUT2D eigenvalue weighted by molar-refractivity contribution is 5.43. The largest absolute Gasteiger partial charge is 0.367 e. The molecule has 112 valence electrons. The maximum Gasteiger partial charge on any atom is 0.300 e. The van der Waals surface area contributed by atoms with Crippen LogP contribution in [0, 0.1) is 0 Å².